The molecule has 1 saturated heterocycles. The molecule has 1 fully saturated rings. The summed E-state index contributed by atoms with van der Waals surface area (Å²) in [7, 11) is 0. The van der Waals surface area contributed by atoms with E-state index in [0.29, 0.717) is 6.54 Å². The summed E-state index contributed by atoms with van der Waals surface area (Å²) < 4.78 is 5.79. The molecule has 0 radical (unpaired) electrons. The third kappa shape index (κ3) is 7.80. The molecule has 1 aromatic rings. The highest BCUT2D eigenvalue weighted by atomic mass is 127. The Morgan fingerprint density at radius 3 is 2.58 bits per heavy atom. The van der Waals surface area contributed by atoms with Crippen molar-refractivity contribution in [1.82, 2.24) is 10.2 Å². The molecule has 2 N–H and O–H groups in total. The van der Waals surface area contributed by atoms with Crippen LogP contribution in [-0.4, -0.2) is 54.9 Å². The molecule has 5 nitrogen and oxygen atoms in total. The molecule has 1 aromatic carbocycles. The normalized spacial score (nSPS) is 18.2. The van der Waals surface area contributed by atoms with Gasteiger partial charge in [0.1, 0.15) is 0 Å². The van der Waals surface area contributed by atoms with E-state index in [1.807, 2.05) is 37.3 Å². The van der Waals surface area contributed by atoms with Gasteiger partial charge in [0, 0.05) is 19.6 Å². The van der Waals surface area contributed by atoms with Crippen LogP contribution in [0.4, 0.5) is 0 Å². The fourth-order valence-corrected chi connectivity index (χ4v) is 2.97. The van der Waals surface area contributed by atoms with Crippen LogP contribution in [-0.2, 0) is 4.74 Å². The first-order valence-corrected chi connectivity index (χ1v) is 9.48. The van der Waals surface area contributed by atoms with E-state index < -0.39 is 6.10 Å². The van der Waals surface area contributed by atoms with Gasteiger partial charge >= 0.3 is 0 Å². The minimum atomic E-state index is -0.594. The molecule has 0 aliphatic carbocycles. The summed E-state index contributed by atoms with van der Waals surface area (Å²) in [4.78, 5) is 6.91. The molecule has 26 heavy (non-hydrogen) atoms. The van der Waals surface area contributed by atoms with Gasteiger partial charge in [-0.2, -0.15) is 0 Å². The van der Waals surface area contributed by atoms with Gasteiger partial charge in [0.2, 0.25) is 0 Å². The summed E-state index contributed by atoms with van der Waals surface area (Å²) in [6.07, 6.45) is 1.77. The number of likely N-dealkylation sites (tertiary alicyclic amines) is 1. The van der Waals surface area contributed by atoms with Crippen molar-refractivity contribution in [1.29, 1.82) is 0 Å². The number of hydrogen-bond donors (Lipinski definition) is 2. The molecule has 2 unspecified atom stereocenters. The van der Waals surface area contributed by atoms with E-state index in [4.69, 9.17) is 4.74 Å². The zero-order valence-corrected chi connectivity index (χ0v) is 18.6. The van der Waals surface area contributed by atoms with Crippen molar-refractivity contribution in [2.45, 2.75) is 45.8 Å². The number of piperidine rings is 1. The van der Waals surface area contributed by atoms with E-state index in [1.54, 1.807) is 0 Å². The molecule has 2 atom stereocenters. The number of rotatable bonds is 7. The quantitative estimate of drug-likeness (QED) is 0.361. The van der Waals surface area contributed by atoms with Gasteiger partial charge < -0.3 is 20.1 Å². The highest BCUT2D eigenvalue weighted by Gasteiger charge is 2.19. The van der Waals surface area contributed by atoms with Crippen molar-refractivity contribution in [3.05, 3.63) is 35.9 Å². The molecule has 1 aliphatic rings. The minimum Gasteiger partial charge on any atom is -0.389 e. The van der Waals surface area contributed by atoms with E-state index in [-0.39, 0.29) is 36.7 Å². The van der Waals surface area contributed by atoms with Crippen LogP contribution in [0.5, 0.6) is 0 Å². The Bertz CT molecular complexity index is 519. The van der Waals surface area contributed by atoms with Crippen molar-refractivity contribution >= 4 is 29.9 Å². The van der Waals surface area contributed by atoms with Gasteiger partial charge in [0.15, 0.2) is 5.96 Å². The number of aliphatic hydroxyl groups is 1. The molecule has 0 bridgehead atoms. The third-order valence-corrected chi connectivity index (χ3v) is 4.68. The lowest BCUT2D eigenvalue weighted by molar-refractivity contribution is 0.00103. The van der Waals surface area contributed by atoms with Gasteiger partial charge in [0.05, 0.1) is 25.4 Å². The predicted molar refractivity (Wildman–Crippen MR) is 118 cm³/mol. The first-order chi connectivity index (χ1) is 12.1. The number of nitrogens with zero attached hydrogens (tertiary/aromatic N) is 2. The number of halogens is 1. The maximum atomic E-state index is 10.2. The van der Waals surface area contributed by atoms with Crippen LogP contribution in [0.1, 0.15) is 45.3 Å². The number of aliphatic hydroxyl groups excluding tert-OH is 1. The van der Waals surface area contributed by atoms with Crippen LogP contribution in [0.25, 0.3) is 0 Å². The van der Waals surface area contributed by atoms with Crippen LogP contribution in [0, 0.1) is 5.92 Å². The van der Waals surface area contributed by atoms with Crippen LogP contribution < -0.4 is 5.32 Å². The van der Waals surface area contributed by atoms with Gasteiger partial charge in [-0.15, -0.1) is 24.0 Å². The number of benzene rings is 1. The van der Waals surface area contributed by atoms with Crippen LogP contribution in [0.15, 0.2) is 35.3 Å². The zero-order valence-electron chi connectivity index (χ0n) is 16.2. The van der Waals surface area contributed by atoms with Gasteiger partial charge in [0.25, 0.3) is 0 Å². The number of hydrogen-bond acceptors (Lipinski definition) is 3. The largest absolute Gasteiger partial charge is 0.389 e. The summed E-state index contributed by atoms with van der Waals surface area (Å²) in [5.41, 5.74) is 1.12. The average Bonchev–Trinajstić information content (AvgIpc) is 2.64. The summed E-state index contributed by atoms with van der Waals surface area (Å²) in [6, 6.07) is 10.1. The number of ether oxygens (including phenoxy) is 1. The second-order valence-electron chi connectivity index (χ2n) is 6.90. The van der Waals surface area contributed by atoms with Gasteiger partial charge in [-0.1, -0.05) is 37.3 Å². The Morgan fingerprint density at radius 2 is 1.96 bits per heavy atom. The maximum Gasteiger partial charge on any atom is 0.194 e. The summed E-state index contributed by atoms with van der Waals surface area (Å²) in [5.74, 6) is 1.70. The first kappa shape index (κ1) is 23.2. The molecule has 1 heterocycles. The Balaban J connectivity index is 0.00000338. The van der Waals surface area contributed by atoms with Crippen molar-refractivity contribution in [3.8, 4) is 0 Å². The van der Waals surface area contributed by atoms with Gasteiger partial charge in [-0.05, 0) is 38.2 Å². The molecule has 1 aliphatic heterocycles. The lowest BCUT2D eigenvalue weighted by Crippen LogP contribution is -2.45. The Labute approximate surface area is 175 Å². The molecule has 0 spiro atoms. The summed E-state index contributed by atoms with van der Waals surface area (Å²) in [5, 5.41) is 13.6. The monoisotopic (exact) mass is 475 g/mol. The molecule has 0 saturated carbocycles. The highest BCUT2D eigenvalue weighted by Crippen LogP contribution is 2.17. The summed E-state index contributed by atoms with van der Waals surface area (Å²) >= 11 is 0. The molecule has 2 rings (SSSR count). The van der Waals surface area contributed by atoms with Crippen LogP contribution in [0.2, 0.25) is 0 Å². The van der Waals surface area contributed by atoms with Crippen LogP contribution >= 0.6 is 24.0 Å². The fourth-order valence-electron chi connectivity index (χ4n) is 2.97. The first-order valence-electron chi connectivity index (χ1n) is 9.48. The number of guanidine groups is 1. The molecule has 0 amide bonds. The minimum absolute atomic E-state index is 0. The van der Waals surface area contributed by atoms with E-state index in [9.17, 15) is 5.11 Å². The number of aliphatic imine (C=N–C) groups is 1. The van der Waals surface area contributed by atoms with Crippen molar-refractivity contribution in [2.24, 2.45) is 10.9 Å². The van der Waals surface area contributed by atoms with Gasteiger partial charge in [-0.3, -0.25) is 4.99 Å². The maximum absolute atomic E-state index is 10.2. The zero-order chi connectivity index (χ0) is 18.1. The van der Waals surface area contributed by atoms with E-state index in [0.717, 1.165) is 37.1 Å². The SMILES string of the molecule is CCNC(=NCC(O)COC(C)c1ccccc1)N1CCC(C)CC1.I. The molecular weight excluding hydrogens is 441 g/mol. The van der Waals surface area contributed by atoms with Crippen molar-refractivity contribution in [2.75, 3.05) is 32.8 Å². The van der Waals surface area contributed by atoms with Gasteiger partial charge in [-0.25, -0.2) is 0 Å². The van der Waals surface area contributed by atoms with E-state index in [2.05, 4.69) is 29.1 Å². The Kier molecular flexibility index (Phi) is 11.2. The predicted octanol–water partition coefficient (Wildman–Crippen LogP) is 3.44. The third-order valence-electron chi connectivity index (χ3n) is 4.68. The second-order valence-corrected chi connectivity index (χ2v) is 6.90. The van der Waals surface area contributed by atoms with E-state index >= 15 is 0 Å². The Morgan fingerprint density at radius 1 is 1.31 bits per heavy atom. The molecule has 148 valence electrons. The molecule has 0 aromatic heterocycles. The topological polar surface area (TPSA) is 57.1 Å². The smallest absolute Gasteiger partial charge is 0.194 e. The summed E-state index contributed by atoms with van der Waals surface area (Å²) in [6.45, 7) is 9.92. The number of nitrogens with one attached hydrogen (secondary N) is 1. The lowest BCUT2D eigenvalue weighted by Gasteiger charge is -2.33. The standard InChI is InChI=1S/C20H33N3O2.HI/c1-4-21-20(23-12-10-16(2)11-13-23)22-14-19(24)15-25-17(3)18-8-6-5-7-9-18;/h5-9,16-17,19,24H,4,10-15H2,1-3H3,(H,21,22);1H. The lowest BCUT2D eigenvalue weighted by atomic mass is 10.00. The fraction of sp³-hybridized carbons (Fsp3) is 0.650. The Hall–Kier alpha value is -0.860. The van der Waals surface area contributed by atoms with Crippen molar-refractivity contribution in [3.63, 3.8) is 0 Å². The highest BCUT2D eigenvalue weighted by molar-refractivity contribution is 14.0. The average molecular weight is 475 g/mol. The van der Waals surface area contributed by atoms with E-state index in [1.165, 1.54) is 12.8 Å². The molecular formula is C20H34IN3O2. The molecule has 6 heteroatoms. The van der Waals surface area contributed by atoms with Crippen LogP contribution in [0.3, 0.4) is 0 Å². The van der Waals surface area contributed by atoms with Crippen molar-refractivity contribution < 1.29 is 9.84 Å². The second kappa shape index (κ2) is 12.5.